The molecule has 158 valence electrons. The first-order valence-electron chi connectivity index (χ1n) is 12.3. The highest BCUT2D eigenvalue weighted by Gasteiger charge is 2.08. The van der Waals surface area contributed by atoms with Crippen LogP contribution in [-0.2, 0) is 0 Å². The average molecular weight is 368 g/mol. The maximum atomic E-state index is 2.69. The molecule has 0 aliphatic rings. The van der Waals surface area contributed by atoms with E-state index in [0.29, 0.717) is 0 Å². The van der Waals surface area contributed by atoms with Crippen LogP contribution in [0.2, 0.25) is 0 Å². The van der Waals surface area contributed by atoms with Crippen molar-refractivity contribution in [1.29, 1.82) is 0 Å². The van der Waals surface area contributed by atoms with Gasteiger partial charge in [-0.25, -0.2) is 0 Å². The van der Waals surface area contributed by atoms with Gasteiger partial charge in [-0.3, -0.25) is 0 Å². The van der Waals surface area contributed by atoms with Gasteiger partial charge in [-0.05, 0) is 24.8 Å². The lowest BCUT2D eigenvalue weighted by Crippen LogP contribution is -2.32. The van der Waals surface area contributed by atoms with Crippen LogP contribution in [0.15, 0.2) is 0 Å². The molecule has 0 aromatic carbocycles. The van der Waals surface area contributed by atoms with Crippen molar-refractivity contribution < 1.29 is 0 Å². The van der Waals surface area contributed by atoms with Gasteiger partial charge in [0.1, 0.15) is 0 Å². The van der Waals surface area contributed by atoms with Crippen molar-refractivity contribution in [2.45, 2.75) is 131 Å². The quantitative estimate of drug-likeness (QED) is 0.195. The van der Waals surface area contributed by atoms with Gasteiger partial charge >= 0.3 is 0 Å². The minimum atomic E-state index is 0.796. The summed E-state index contributed by atoms with van der Waals surface area (Å²) < 4.78 is 0. The van der Waals surface area contributed by atoms with E-state index >= 15 is 0 Å². The lowest BCUT2D eigenvalue weighted by atomic mass is 10.0. The highest BCUT2D eigenvalue weighted by molar-refractivity contribution is 4.63. The van der Waals surface area contributed by atoms with Gasteiger partial charge in [0.05, 0.1) is 0 Å². The Balaban J connectivity index is 3.31. The van der Waals surface area contributed by atoms with Gasteiger partial charge in [-0.2, -0.15) is 0 Å². The predicted octanol–water partition coefficient (Wildman–Crippen LogP) is 8.47. The molecule has 0 amide bonds. The molecule has 0 saturated heterocycles. The molecular formula is C25H53N. The van der Waals surface area contributed by atoms with Crippen molar-refractivity contribution in [2.24, 2.45) is 11.8 Å². The van der Waals surface area contributed by atoms with E-state index in [1.54, 1.807) is 0 Å². The summed E-state index contributed by atoms with van der Waals surface area (Å²) in [7, 11) is 0. The Morgan fingerprint density at radius 2 is 0.769 bits per heavy atom. The van der Waals surface area contributed by atoms with Crippen LogP contribution in [0.3, 0.4) is 0 Å². The van der Waals surface area contributed by atoms with Gasteiger partial charge in [-0.15, -0.1) is 0 Å². The summed E-state index contributed by atoms with van der Waals surface area (Å²) in [6.07, 6.45) is 21.8. The van der Waals surface area contributed by atoms with Crippen LogP contribution in [0.4, 0.5) is 0 Å². The van der Waals surface area contributed by atoms with Crippen molar-refractivity contribution in [3.8, 4) is 0 Å². The fourth-order valence-corrected chi connectivity index (χ4v) is 4.00. The summed E-state index contributed by atoms with van der Waals surface area (Å²) in [5.74, 6) is 1.59. The Bertz CT molecular complexity index is 249. The van der Waals surface area contributed by atoms with Gasteiger partial charge in [0.2, 0.25) is 0 Å². The van der Waals surface area contributed by atoms with E-state index in [2.05, 4.69) is 39.5 Å². The fourth-order valence-electron chi connectivity index (χ4n) is 4.00. The Labute approximate surface area is 167 Å². The lowest BCUT2D eigenvalue weighted by Gasteiger charge is -2.26. The highest BCUT2D eigenvalue weighted by Crippen LogP contribution is 2.14. The molecule has 0 rings (SSSR count). The van der Waals surface area contributed by atoms with Gasteiger partial charge in [-0.1, -0.05) is 125 Å². The first kappa shape index (κ1) is 26.0. The lowest BCUT2D eigenvalue weighted by molar-refractivity contribution is 0.215. The molecule has 0 fully saturated rings. The monoisotopic (exact) mass is 367 g/mol. The molecule has 0 spiro atoms. The third-order valence-electron chi connectivity index (χ3n) is 5.32. The topological polar surface area (TPSA) is 3.24 Å². The molecule has 0 radical (unpaired) electrons. The van der Waals surface area contributed by atoms with Crippen molar-refractivity contribution in [2.75, 3.05) is 19.6 Å². The zero-order chi connectivity index (χ0) is 19.5. The van der Waals surface area contributed by atoms with Gasteiger partial charge < -0.3 is 4.90 Å². The zero-order valence-electron chi connectivity index (χ0n) is 19.3. The SMILES string of the molecule is CCCCCCCCCCCCCCCCCN(CC(C)C)CC(C)C. The largest absolute Gasteiger partial charge is 0.303 e. The molecule has 0 aliphatic carbocycles. The number of rotatable bonds is 20. The molecule has 0 aliphatic heterocycles. The van der Waals surface area contributed by atoms with Crippen molar-refractivity contribution >= 4 is 0 Å². The molecule has 0 bridgehead atoms. The fraction of sp³-hybridized carbons (Fsp3) is 1.00. The minimum absolute atomic E-state index is 0.796. The number of unbranched alkanes of at least 4 members (excludes halogenated alkanes) is 14. The first-order chi connectivity index (χ1) is 12.6. The first-order valence-corrected chi connectivity index (χ1v) is 12.3. The van der Waals surface area contributed by atoms with Crippen LogP contribution >= 0.6 is 0 Å². The van der Waals surface area contributed by atoms with E-state index in [1.165, 1.54) is 116 Å². The molecule has 0 unspecified atom stereocenters. The number of hydrogen-bond donors (Lipinski definition) is 0. The average Bonchev–Trinajstić information content (AvgIpc) is 2.57. The van der Waals surface area contributed by atoms with E-state index in [4.69, 9.17) is 0 Å². The Hall–Kier alpha value is -0.0400. The summed E-state index contributed by atoms with van der Waals surface area (Å²) in [4.78, 5) is 2.69. The molecule has 0 heterocycles. The number of nitrogens with zero attached hydrogens (tertiary/aromatic N) is 1. The molecule has 1 heteroatoms. The van der Waals surface area contributed by atoms with Crippen LogP contribution in [-0.4, -0.2) is 24.5 Å². The van der Waals surface area contributed by atoms with Crippen LogP contribution in [0.5, 0.6) is 0 Å². The summed E-state index contributed by atoms with van der Waals surface area (Å²) in [5.41, 5.74) is 0. The van der Waals surface area contributed by atoms with E-state index in [-0.39, 0.29) is 0 Å². The minimum Gasteiger partial charge on any atom is -0.303 e. The standard InChI is InChI=1S/C25H53N/c1-6-7-8-9-10-11-12-13-14-15-16-17-18-19-20-21-26(22-24(2)3)23-25(4)5/h24-25H,6-23H2,1-5H3. The maximum Gasteiger partial charge on any atom is 0.000449 e. The zero-order valence-corrected chi connectivity index (χ0v) is 19.3. The molecule has 0 atom stereocenters. The van der Waals surface area contributed by atoms with E-state index in [9.17, 15) is 0 Å². The van der Waals surface area contributed by atoms with Crippen molar-refractivity contribution in [3.05, 3.63) is 0 Å². The predicted molar refractivity (Wildman–Crippen MR) is 121 cm³/mol. The third kappa shape index (κ3) is 20.3. The van der Waals surface area contributed by atoms with E-state index < -0.39 is 0 Å². The summed E-state index contributed by atoms with van der Waals surface area (Å²) >= 11 is 0. The van der Waals surface area contributed by atoms with Gasteiger partial charge in [0, 0.05) is 13.1 Å². The van der Waals surface area contributed by atoms with Gasteiger partial charge in [0.15, 0.2) is 0 Å². The second kappa shape index (κ2) is 19.7. The highest BCUT2D eigenvalue weighted by atomic mass is 15.1. The Morgan fingerprint density at radius 3 is 1.08 bits per heavy atom. The van der Waals surface area contributed by atoms with Crippen LogP contribution in [0.25, 0.3) is 0 Å². The smallest absolute Gasteiger partial charge is 0.000449 e. The van der Waals surface area contributed by atoms with Gasteiger partial charge in [0.25, 0.3) is 0 Å². The molecule has 0 saturated carbocycles. The van der Waals surface area contributed by atoms with Crippen LogP contribution in [0, 0.1) is 11.8 Å². The molecular weight excluding hydrogens is 314 g/mol. The third-order valence-corrected chi connectivity index (χ3v) is 5.32. The molecule has 26 heavy (non-hydrogen) atoms. The second-order valence-corrected chi connectivity index (χ2v) is 9.50. The van der Waals surface area contributed by atoms with Crippen molar-refractivity contribution in [3.63, 3.8) is 0 Å². The van der Waals surface area contributed by atoms with Crippen molar-refractivity contribution in [1.82, 2.24) is 4.90 Å². The molecule has 0 aromatic rings. The van der Waals surface area contributed by atoms with E-state index in [0.717, 1.165) is 11.8 Å². The Morgan fingerprint density at radius 1 is 0.462 bits per heavy atom. The summed E-state index contributed by atoms with van der Waals surface area (Å²) in [5, 5.41) is 0. The molecule has 0 N–H and O–H groups in total. The van der Waals surface area contributed by atoms with Crippen LogP contribution in [0.1, 0.15) is 131 Å². The molecule has 1 nitrogen and oxygen atoms in total. The number of hydrogen-bond acceptors (Lipinski definition) is 1. The summed E-state index contributed by atoms with van der Waals surface area (Å²) in [6.45, 7) is 15.6. The normalized spacial score (nSPS) is 12.0. The van der Waals surface area contributed by atoms with Crippen LogP contribution < -0.4 is 0 Å². The van der Waals surface area contributed by atoms with E-state index in [1.807, 2.05) is 0 Å². The Kier molecular flexibility index (Phi) is 19.7. The maximum absolute atomic E-state index is 2.69. The molecule has 0 aromatic heterocycles. The second-order valence-electron chi connectivity index (χ2n) is 9.50. The summed E-state index contributed by atoms with van der Waals surface area (Å²) in [6, 6.07) is 0.